The third-order valence-electron chi connectivity index (χ3n) is 5.12. The van der Waals surface area contributed by atoms with Gasteiger partial charge < -0.3 is 10.2 Å². The summed E-state index contributed by atoms with van der Waals surface area (Å²) in [6, 6.07) is 7.96. The summed E-state index contributed by atoms with van der Waals surface area (Å²) in [6.07, 6.45) is 6.44. The molecule has 1 aromatic rings. The van der Waals surface area contributed by atoms with Gasteiger partial charge in [-0.1, -0.05) is 43.0 Å². The summed E-state index contributed by atoms with van der Waals surface area (Å²) in [5.41, 5.74) is 0.759. The second-order valence-electron chi connectivity index (χ2n) is 6.55. The Hall–Kier alpha value is -1.06. The normalized spacial score (nSPS) is 22.1. The fourth-order valence-electron chi connectivity index (χ4n) is 3.92. The first-order chi connectivity index (χ1) is 10.7. The Morgan fingerprint density at radius 2 is 1.91 bits per heavy atom. The van der Waals surface area contributed by atoms with Crippen molar-refractivity contribution in [3.63, 3.8) is 0 Å². The number of benzene rings is 1. The SMILES string of the molecule is O=C(N1CCCNCC1)C1(c2cccc(Cl)c2)CCCCC1. The van der Waals surface area contributed by atoms with E-state index in [9.17, 15) is 4.79 Å². The lowest BCUT2D eigenvalue weighted by Crippen LogP contribution is -2.49. The van der Waals surface area contributed by atoms with Crippen LogP contribution in [0.5, 0.6) is 0 Å². The summed E-state index contributed by atoms with van der Waals surface area (Å²) in [6.45, 7) is 3.60. The molecule has 0 aromatic heterocycles. The van der Waals surface area contributed by atoms with Gasteiger partial charge in [-0.05, 0) is 43.5 Å². The molecule has 1 aliphatic carbocycles. The quantitative estimate of drug-likeness (QED) is 0.906. The Labute approximate surface area is 138 Å². The standard InChI is InChI=1S/C18H25ClN2O/c19-16-7-4-6-15(14-16)18(8-2-1-3-9-18)17(22)21-12-5-10-20-11-13-21/h4,6-7,14,20H,1-3,5,8-13H2. The summed E-state index contributed by atoms with van der Waals surface area (Å²) >= 11 is 6.21. The largest absolute Gasteiger partial charge is 0.341 e. The number of halogens is 1. The molecule has 3 rings (SSSR count). The summed E-state index contributed by atoms with van der Waals surface area (Å²) in [7, 11) is 0. The van der Waals surface area contributed by atoms with E-state index in [1.54, 1.807) is 0 Å². The van der Waals surface area contributed by atoms with Crippen LogP contribution in [-0.2, 0) is 10.2 Å². The highest BCUT2D eigenvalue weighted by atomic mass is 35.5. The third kappa shape index (κ3) is 3.16. The monoisotopic (exact) mass is 320 g/mol. The van der Waals surface area contributed by atoms with E-state index in [0.717, 1.165) is 68.9 Å². The zero-order valence-electron chi connectivity index (χ0n) is 13.1. The van der Waals surface area contributed by atoms with Crippen LogP contribution >= 0.6 is 11.6 Å². The molecule has 2 fully saturated rings. The van der Waals surface area contributed by atoms with Crippen LogP contribution < -0.4 is 5.32 Å². The van der Waals surface area contributed by atoms with E-state index in [1.807, 2.05) is 18.2 Å². The Kier molecular flexibility index (Phi) is 5.04. The molecule has 22 heavy (non-hydrogen) atoms. The van der Waals surface area contributed by atoms with E-state index in [4.69, 9.17) is 11.6 Å². The van der Waals surface area contributed by atoms with Gasteiger partial charge in [-0.25, -0.2) is 0 Å². The lowest BCUT2D eigenvalue weighted by atomic mass is 9.68. The molecule has 1 amide bonds. The molecule has 3 nitrogen and oxygen atoms in total. The van der Waals surface area contributed by atoms with Gasteiger partial charge >= 0.3 is 0 Å². The Balaban J connectivity index is 1.92. The molecule has 2 aliphatic rings. The molecule has 0 spiro atoms. The highest BCUT2D eigenvalue weighted by Crippen LogP contribution is 2.41. The first kappa shape index (κ1) is 15.8. The summed E-state index contributed by atoms with van der Waals surface area (Å²) < 4.78 is 0. The second kappa shape index (κ2) is 7.01. The van der Waals surface area contributed by atoms with Gasteiger partial charge in [0.1, 0.15) is 0 Å². The van der Waals surface area contributed by atoms with Crippen LogP contribution in [0.1, 0.15) is 44.1 Å². The molecule has 1 aromatic carbocycles. The predicted octanol–water partition coefficient (Wildman–Crippen LogP) is 3.36. The van der Waals surface area contributed by atoms with E-state index in [2.05, 4.69) is 16.3 Å². The fraction of sp³-hybridized carbons (Fsp3) is 0.611. The van der Waals surface area contributed by atoms with Crippen molar-refractivity contribution in [2.24, 2.45) is 0 Å². The average molecular weight is 321 g/mol. The zero-order valence-corrected chi connectivity index (χ0v) is 13.9. The van der Waals surface area contributed by atoms with Crippen molar-refractivity contribution in [1.82, 2.24) is 10.2 Å². The summed E-state index contributed by atoms with van der Waals surface area (Å²) in [4.78, 5) is 15.5. The van der Waals surface area contributed by atoms with Crippen LogP contribution in [0.4, 0.5) is 0 Å². The number of nitrogens with one attached hydrogen (secondary N) is 1. The van der Waals surface area contributed by atoms with Crippen molar-refractivity contribution in [3.05, 3.63) is 34.9 Å². The van der Waals surface area contributed by atoms with Crippen LogP contribution in [0.25, 0.3) is 0 Å². The van der Waals surface area contributed by atoms with Gasteiger partial charge in [-0.15, -0.1) is 0 Å². The van der Waals surface area contributed by atoms with E-state index in [1.165, 1.54) is 6.42 Å². The molecule has 0 radical (unpaired) electrons. The van der Waals surface area contributed by atoms with E-state index in [0.29, 0.717) is 5.91 Å². The van der Waals surface area contributed by atoms with Crippen LogP contribution in [0.2, 0.25) is 5.02 Å². The molecule has 0 atom stereocenters. The number of nitrogens with zero attached hydrogens (tertiary/aromatic N) is 1. The molecule has 1 saturated carbocycles. The molecule has 120 valence electrons. The molecule has 1 saturated heterocycles. The number of carbonyl (C=O) groups excluding carboxylic acids is 1. The molecule has 4 heteroatoms. The molecule has 1 heterocycles. The van der Waals surface area contributed by atoms with Crippen molar-refractivity contribution < 1.29 is 4.79 Å². The molecule has 0 unspecified atom stereocenters. The van der Waals surface area contributed by atoms with Crippen LogP contribution in [0.15, 0.2) is 24.3 Å². The highest BCUT2D eigenvalue weighted by Gasteiger charge is 2.43. The number of hydrogen-bond donors (Lipinski definition) is 1. The lowest BCUT2D eigenvalue weighted by Gasteiger charge is -2.40. The van der Waals surface area contributed by atoms with Crippen LogP contribution in [-0.4, -0.2) is 37.0 Å². The number of rotatable bonds is 2. The van der Waals surface area contributed by atoms with Gasteiger partial charge in [-0.2, -0.15) is 0 Å². The van der Waals surface area contributed by atoms with Crippen molar-refractivity contribution in [1.29, 1.82) is 0 Å². The predicted molar refractivity (Wildman–Crippen MR) is 90.3 cm³/mol. The van der Waals surface area contributed by atoms with Crippen molar-refractivity contribution >= 4 is 17.5 Å². The minimum Gasteiger partial charge on any atom is -0.341 e. The van der Waals surface area contributed by atoms with Gasteiger partial charge in [0.25, 0.3) is 0 Å². The second-order valence-corrected chi connectivity index (χ2v) is 6.99. The molecule has 1 aliphatic heterocycles. The topological polar surface area (TPSA) is 32.3 Å². The molecule has 1 N–H and O–H groups in total. The Morgan fingerprint density at radius 3 is 2.68 bits per heavy atom. The minimum absolute atomic E-state index is 0.318. The van der Waals surface area contributed by atoms with Gasteiger partial charge in [0.15, 0.2) is 0 Å². The van der Waals surface area contributed by atoms with Gasteiger partial charge in [-0.3, -0.25) is 4.79 Å². The maximum Gasteiger partial charge on any atom is 0.233 e. The van der Waals surface area contributed by atoms with Gasteiger partial charge in [0.05, 0.1) is 5.41 Å². The lowest BCUT2D eigenvalue weighted by molar-refractivity contribution is -0.138. The Morgan fingerprint density at radius 1 is 1.09 bits per heavy atom. The average Bonchev–Trinajstić information content (AvgIpc) is 2.84. The van der Waals surface area contributed by atoms with Gasteiger partial charge in [0.2, 0.25) is 5.91 Å². The van der Waals surface area contributed by atoms with Crippen molar-refractivity contribution in [3.8, 4) is 0 Å². The summed E-state index contributed by atoms with van der Waals surface area (Å²) in [5.74, 6) is 0.318. The highest BCUT2D eigenvalue weighted by molar-refractivity contribution is 6.30. The molecular formula is C18H25ClN2O. The van der Waals surface area contributed by atoms with E-state index >= 15 is 0 Å². The minimum atomic E-state index is -0.354. The van der Waals surface area contributed by atoms with Crippen LogP contribution in [0.3, 0.4) is 0 Å². The van der Waals surface area contributed by atoms with Crippen molar-refractivity contribution in [2.75, 3.05) is 26.2 Å². The van der Waals surface area contributed by atoms with E-state index in [-0.39, 0.29) is 5.41 Å². The number of amides is 1. The third-order valence-corrected chi connectivity index (χ3v) is 5.36. The maximum absolute atomic E-state index is 13.4. The van der Waals surface area contributed by atoms with E-state index < -0.39 is 0 Å². The fourth-order valence-corrected chi connectivity index (χ4v) is 4.11. The number of carbonyl (C=O) groups is 1. The molecule has 0 bridgehead atoms. The molecular weight excluding hydrogens is 296 g/mol. The van der Waals surface area contributed by atoms with Crippen LogP contribution in [0, 0.1) is 0 Å². The number of hydrogen-bond acceptors (Lipinski definition) is 2. The zero-order chi connectivity index (χ0) is 15.4. The van der Waals surface area contributed by atoms with Gasteiger partial charge in [0, 0.05) is 24.7 Å². The first-order valence-electron chi connectivity index (χ1n) is 8.48. The maximum atomic E-state index is 13.4. The Bertz CT molecular complexity index is 518. The van der Waals surface area contributed by atoms with Crippen molar-refractivity contribution in [2.45, 2.75) is 43.9 Å². The first-order valence-corrected chi connectivity index (χ1v) is 8.86. The summed E-state index contributed by atoms with van der Waals surface area (Å²) in [5, 5.41) is 4.11. The smallest absolute Gasteiger partial charge is 0.233 e.